The SMILES string of the molecule is O=C(NCCCC(=O)N1CCNCC1c1ccccc1Cl)c1ccsc1. The Morgan fingerprint density at radius 1 is 1.31 bits per heavy atom. The van der Waals surface area contributed by atoms with Crippen LogP contribution in [0.2, 0.25) is 5.02 Å². The maximum atomic E-state index is 12.7. The standard InChI is InChI=1S/C19H22ClN3O2S/c20-16-5-2-1-4-15(16)17-12-21-9-10-23(17)18(24)6-3-8-22-19(25)14-7-11-26-13-14/h1-2,4-5,7,11,13,17,21H,3,6,8-10,12H2,(H,22,25). The van der Waals surface area contributed by atoms with Gasteiger partial charge < -0.3 is 15.5 Å². The fraction of sp³-hybridized carbons (Fsp3) is 0.368. The largest absolute Gasteiger partial charge is 0.352 e. The lowest BCUT2D eigenvalue weighted by Gasteiger charge is -2.37. The molecule has 1 aliphatic heterocycles. The van der Waals surface area contributed by atoms with Crippen molar-refractivity contribution in [3.8, 4) is 0 Å². The number of amides is 2. The summed E-state index contributed by atoms with van der Waals surface area (Å²) >= 11 is 7.82. The molecule has 3 rings (SSSR count). The van der Waals surface area contributed by atoms with Crippen LogP contribution in [0.5, 0.6) is 0 Å². The molecule has 138 valence electrons. The minimum absolute atomic E-state index is 0.0506. The van der Waals surface area contributed by atoms with Gasteiger partial charge in [0, 0.05) is 48.6 Å². The molecule has 2 heterocycles. The lowest BCUT2D eigenvalue weighted by molar-refractivity contribution is -0.134. The summed E-state index contributed by atoms with van der Waals surface area (Å²) in [5, 5.41) is 10.6. The molecule has 0 saturated carbocycles. The molecule has 1 atom stereocenters. The Morgan fingerprint density at radius 2 is 2.15 bits per heavy atom. The molecule has 1 aliphatic rings. The van der Waals surface area contributed by atoms with Crippen molar-refractivity contribution in [2.75, 3.05) is 26.2 Å². The molecular weight excluding hydrogens is 370 g/mol. The molecular formula is C19H22ClN3O2S. The normalized spacial score (nSPS) is 17.1. The Labute approximate surface area is 162 Å². The van der Waals surface area contributed by atoms with Crippen LogP contribution in [-0.2, 0) is 4.79 Å². The first kappa shape index (κ1) is 18.9. The van der Waals surface area contributed by atoms with Crippen LogP contribution in [0.4, 0.5) is 0 Å². The van der Waals surface area contributed by atoms with Crippen molar-refractivity contribution >= 4 is 34.8 Å². The van der Waals surface area contributed by atoms with Gasteiger partial charge in [0.05, 0.1) is 6.04 Å². The molecule has 0 spiro atoms. The van der Waals surface area contributed by atoms with Crippen LogP contribution in [0.15, 0.2) is 41.1 Å². The maximum absolute atomic E-state index is 12.7. The van der Waals surface area contributed by atoms with Crippen molar-refractivity contribution < 1.29 is 9.59 Å². The highest BCUT2D eigenvalue weighted by Crippen LogP contribution is 2.29. The third kappa shape index (κ3) is 4.63. The van der Waals surface area contributed by atoms with Crippen molar-refractivity contribution in [2.45, 2.75) is 18.9 Å². The molecule has 0 bridgehead atoms. The molecule has 1 aromatic heterocycles. The van der Waals surface area contributed by atoms with Crippen LogP contribution in [0.1, 0.15) is 34.8 Å². The Bertz CT molecular complexity index is 751. The minimum Gasteiger partial charge on any atom is -0.352 e. The van der Waals surface area contributed by atoms with E-state index in [4.69, 9.17) is 11.6 Å². The van der Waals surface area contributed by atoms with E-state index < -0.39 is 0 Å². The van der Waals surface area contributed by atoms with E-state index in [0.29, 0.717) is 43.1 Å². The molecule has 0 aliphatic carbocycles. The quantitative estimate of drug-likeness (QED) is 0.744. The smallest absolute Gasteiger partial charge is 0.252 e. The van der Waals surface area contributed by atoms with E-state index in [1.165, 1.54) is 11.3 Å². The molecule has 1 fully saturated rings. The maximum Gasteiger partial charge on any atom is 0.252 e. The Hall–Kier alpha value is -1.89. The molecule has 26 heavy (non-hydrogen) atoms. The van der Waals surface area contributed by atoms with Gasteiger partial charge in [-0.3, -0.25) is 9.59 Å². The molecule has 2 aromatic rings. The van der Waals surface area contributed by atoms with Crippen LogP contribution in [-0.4, -0.2) is 42.9 Å². The molecule has 2 amide bonds. The predicted octanol–water partition coefficient (Wildman–Crippen LogP) is 3.08. The average Bonchev–Trinajstić information content (AvgIpc) is 3.20. The van der Waals surface area contributed by atoms with Gasteiger partial charge in [0.25, 0.3) is 5.91 Å². The second kappa shape index (κ2) is 9.16. The fourth-order valence-corrected chi connectivity index (χ4v) is 4.00. The Morgan fingerprint density at radius 3 is 2.92 bits per heavy atom. The van der Waals surface area contributed by atoms with E-state index in [0.717, 1.165) is 12.1 Å². The first-order valence-electron chi connectivity index (χ1n) is 8.72. The zero-order valence-corrected chi connectivity index (χ0v) is 16.0. The van der Waals surface area contributed by atoms with Gasteiger partial charge in [-0.2, -0.15) is 11.3 Å². The predicted molar refractivity (Wildman–Crippen MR) is 105 cm³/mol. The monoisotopic (exact) mass is 391 g/mol. The summed E-state index contributed by atoms with van der Waals surface area (Å²) in [6, 6.07) is 9.41. The van der Waals surface area contributed by atoms with Crippen molar-refractivity contribution in [1.29, 1.82) is 0 Å². The number of piperazine rings is 1. The first-order valence-corrected chi connectivity index (χ1v) is 10.0. The summed E-state index contributed by atoms with van der Waals surface area (Å²) in [5.41, 5.74) is 1.64. The highest BCUT2D eigenvalue weighted by Gasteiger charge is 2.28. The van der Waals surface area contributed by atoms with Gasteiger partial charge in [-0.25, -0.2) is 0 Å². The molecule has 1 aromatic carbocycles. The van der Waals surface area contributed by atoms with Crippen molar-refractivity contribution in [1.82, 2.24) is 15.5 Å². The van der Waals surface area contributed by atoms with E-state index in [-0.39, 0.29) is 17.9 Å². The number of hydrogen-bond donors (Lipinski definition) is 2. The first-order chi connectivity index (χ1) is 12.7. The van der Waals surface area contributed by atoms with Gasteiger partial charge in [0.1, 0.15) is 0 Å². The summed E-state index contributed by atoms with van der Waals surface area (Å²) in [5.74, 6) is 0.0102. The number of carbonyl (C=O) groups is 2. The summed E-state index contributed by atoms with van der Waals surface area (Å²) in [4.78, 5) is 26.5. The molecule has 1 saturated heterocycles. The minimum atomic E-state index is -0.0881. The van der Waals surface area contributed by atoms with Gasteiger partial charge in [0.2, 0.25) is 5.91 Å². The highest BCUT2D eigenvalue weighted by molar-refractivity contribution is 7.08. The lowest BCUT2D eigenvalue weighted by Crippen LogP contribution is -2.48. The summed E-state index contributed by atoms with van der Waals surface area (Å²) in [6.07, 6.45) is 1.03. The highest BCUT2D eigenvalue weighted by atomic mass is 35.5. The Kier molecular flexibility index (Phi) is 6.66. The summed E-state index contributed by atoms with van der Waals surface area (Å²) in [7, 11) is 0. The molecule has 2 N–H and O–H groups in total. The van der Waals surface area contributed by atoms with E-state index in [1.54, 1.807) is 6.07 Å². The van der Waals surface area contributed by atoms with E-state index in [9.17, 15) is 9.59 Å². The lowest BCUT2D eigenvalue weighted by atomic mass is 10.0. The van der Waals surface area contributed by atoms with Crippen LogP contribution in [0.3, 0.4) is 0 Å². The van der Waals surface area contributed by atoms with Gasteiger partial charge >= 0.3 is 0 Å². The zero-order valence-electron chi connectivity index (χ0n) is 14.4. The molecule has 1 unspecified atom stereocenters. The number of carbonyl (C=O) groups excluding carboxylic acids is 2. The van der Waals surface area contributed by atoms with Gasteiger partial charge in [0.15, 0.2) is 0 Å². The van der Waals surface area contributed by atoms with Crippen LogP contribution in [0, 0.1) is 0 Å². The van der Waals surface area contributed by atoms with Crippen LogP contribution >= 0.6 is 22.9 Å². The molecule has 0 radical (unpaired) electrons. The summed E-state index contributed by atoms with van der Waals surface area (Å²) in [6.45, 7) is 2.63. The van der Waals surface area contributed by atoms with E-state index in [2.05, 4.69) is 10.6 Å². The second-order valence-corrected chi connectivity index (χ2v) is 7.39. The number of hydrogen-bond acceptors (Lipinski definition) is 4. The number of thiophene rings is 1. The number of benzene rings is 1. The Balaban J connectivity index is 1.52. The van der Waals surface area contributed by atoms with Gasteiger partial charge in [-0.1, -0.05) is 29.8 Å². The van der Waals surface area contributed by atoms with Crippen LogP contribution in [0.25, 0.3) is 0 Å². The van der Waals surface area contributed by atoms with Crippen molar-refractivity contribution in [2.24, 2.45) is 0 Å². The number of halogens is 1. The number of nitrogens with one attached hydrogen (secondary N) is 2. The molecule has 7 heteroatoms. The van der Waals surface area contributed by atoms with Crippen LogP contribution < -0.4 is 10.6 Å². The van der Waals surface area contributed by atoms with Gasteiger partial charge in [-0.05, 0) is 29.5 Å². The fourth-order valence-electron chi connectivity index (χ4n) is 3.11. The zero-order chi connectivity index (χ0) is 18.4. The van der Waals surface area contributed by atoms with Gasteiger partial charge in [-0.15, -0.1) is 0 Å². The second-order valence-electron chi connectivity index (χ2n) is 6.20. The topological polar surface area (TPSA) is 61.4 Å². The van der Waals surface area contributed by atoms with Crippen molar-refractivity contribution in [3.05, 3.63) is 57.2 Å². The van der Waals surface area contributed by atoms with Crippen molar-refractivity contribution in [3.63, 3.8) is 0 Å². The molecule has 5 nitrogen and oxygen atoms in total. The summed E-state index contributed by atoms with van der Waals surface area (Å²) < 4.78 is 0. The number of nitrogens with zero attached hydrogens (tertiary/aromatic N) is 1. The van der Waals surface area contributed by atoms with E-state index in [1.807, 2.05) is 39.9 Å². The van der Waals surface area contributed by atoms with E-state index >= 15 is 0 Å². The third-order valence-electron chi connectivity index (χ3n) is 4.46. The third-order valence-corrected chi connectivity index (χ3v) is 5.49. The number of rotatable bonds is 6. The average molecular weight is 392 g/mol.